The summed E-state index contributed by atoms with van der Waals surface area (Å²) in [7, 11) is 1.65. The molecule has 0 aliphatic carbocycles. The summed E-state index contributed by atoms with van der Waals surface area (Å²) in [5, 5.41) is 1.07. The largest absolute Gasteiger partial charge is 0.480 e. The van der Waals surface area contributed by atoms with Crippen molar-refractivity contribution >= 4 is 10.9 Å². The molecule has 0 saturated carbocycles. The Labute approximate surface area is 106 Å². The normalized spacial score (nSPS) is 10.8. The van der Waals surface area contributed by atoms with E-state index < -0.39 is 0 Å². The number of hydrogen-bond acceptors (Lipinski definition) is 2. The maximum absolute atomic E-state index is 5.33. The Kier molecular flexibility index (Phi) is 2.52. The third-order valence-electron chi connectivity index (χ3n) is 3.10. The van der Waals surface area contributed by atoms with E-state index >= 15 is 0 Å². The predicted octanol–water partition coefficient (Wildman–Crippen LogP) is 3.34. The van der Waals surface area contributed by atoms with Crippen LogP contribution in [-0.2, 0) is 0 Å². The molecule has 0 radical (unpaired) electrons. The van der Waals surface area contributed by atoms with Crippen LogP contribution in [0.5, 0.6) is 5.88 Å². The number of nitrogens with zero attached hydrogens (tertiary/aromatic N) is 2. The number of para-hydroxylation sites is 1. The quantitative estimate of drug-likeness (QED) is 0.684. The van der Waals surface area contributed by atoms with Crippen LogP contribution in [0, 0.1) is 6.92 Å². The lowest BCUT2D eigenvalue weighted by molar-refractivity contribution is 0.403. The zero-order chi connectivity index (χ0) is 12.5. The van der Waals surface area contributed by atoms with E-state index in [0.29, 0.717) is 5.88 Å². The fourth-order valence-electron chi connectivity index (χ4n) is 2.29. The summed E-state index contributed by atoms with van der Waals surface area (Å²) in [4.78, 5) is 4.26. The lowest BCUT2D eigenvalue weighted by Gasteiger charge is -2.05. The second-order valence-electron chi connectivity index (χ2n) is 4.23. The van der Waals surface area contributed by atoms with E-state index in [1.807, 2.05) is 24.3 Å². The van der Waals surface area contributed by atoms with Crippen LogP contribution in [0.1, 0.15) is 5.56 Å². The fraction of sp³-hybridized carbons (Fsp3) is 0.133. The Morgan fingerprint density at radius 3 is 2.61 bits per heavy atom. The summed E-state index contributed by atoms with van der Waals surface area (Å²) < 4.78 is 7.49. The number of pyridine rings is 1. The Balaban J connectivity index is 2.33. The van der Waals surface area contributed by atoms with Crippen LogP contribution in [0.2, 0.25) is 0 Å². The monoisotopic (exact) mass is 238 g/mol. The number of methoxy groups -OCH3 is 1. The molecule has 0 bridgehead atoms. The molecular formula is C15H14N2O. The number of aromatic nitrogens is 2. The van der Waals surface area contributed by atoms with Gasteiger partial charge in [-0.2, -0.15) is 0 Å². The van der Waals surface area contributed by atoms with Gasteiger partial charge in [-0.05, 0) is 30.7 Å². The number of aryl methyl sites for hydroxylation is 1. The van der Waals surface area contributed by atoms with Gasteiger partial charge in [0.15, 0.2) is 0 Å². The van der Waals surface area contributed by atoms with Gasteiger partial charge in [0.05, 0.1) is 18.0 Å². The molecule has 0 amide bonds. The van der Waals surface area contributed by atoms with Gasteiger partial charge in [-0.25, -0.2) is 4.98 Å². The third kappa shape index (κ3) is 1.56. The number of hydrogen-bond donors (Lipinski definition) is 0. The van der Waals surface area contributed by atoms with Gasteiger partial charge in [0.1, 0.15) is 0 Å². The fourth-order valence-corrected chi connectivity index (χ4v) is 2.29. The maximum atomic E-state index is 5.33. The van der Waals surface area contributed by atoms with E-state index in [0.717, 1.165) is 16.6 Å². The number of fused-ring (bicyclic) bond motifs is 1. The average molecular weight is 238 g/mol. The molecule has 0 unspecified atom stereocenters. The van der Waals surface area contributed by atoms with E-state index in [1.54, 1.807) is 13.3 Å². The van der Waals surface area contributed by atoms with Crippen LogP contribution in [-0.4, -0.2) is 16.7 Å². The summed E-state index contributed by atoms with van der Waals surface area (Å²) in [5.41, 5.74) is 3.42. The van der Waals surface area contributed by atoms with Crippen molar-refractivity contribution in [3.05, 3.63) is 54.4 Å². The summed E-state index contributed by atoms with van der Waals surface area (Å²) >= 11 is 0. The molecule has 0 saturated heterocycles. The summed E-state index contributed by atoms with van der Waals surface area (Å²) in [5.74, 6) is 0.680. The van der Waals surface area contributed by atoms with Gasteiger partial charge >= 0.3 is 0 Å². The first-order chi connectivity index (χ1) is 8.81. The molecule has 3 heteroatoms. The molecule has 2 aromatic heterocycles. The van der Waals surface area contributed by atoms with Crippen LogP contribution in [0.25, 0.3) is 16.6 Å². The minimum atomic E-state index is 0.680. The van der Waals surface area contributed by atoms with Crippen LogP contribution in [0.15, 0.2) is 48.8 Å². The van der Waals surface area contributed by atoms with Gasteiger partial charge in [0, 0.05) is 18.1 Å². The zero-order valence-electron chi connectivity index (χ0n) is 10.4. The molecule has 3 aromatic rings. The number of ether oxygens (including phenoxy) is 1. The van der Waals surface area contributed by atoms with Crippen molar-refractivity contribution in [3.8, 4) is 11.6 Å². The minimum absolute atomic E-state index is 0.680. The Hall–Kier alpha value is -2.29. The second-order valence-corrected chi connectivity index (χ2v) is 4.23. The van der Waals surface area contributed by atoms with Crippen molar-refractivity contribution in [1.82, 2.24) is 9.55 Å². The molecular weight excluding hydrogens is 224 g/mol. The van der Waals surface area contributed by atoms with Crippen LogP contribution < -0.4 is 4.74 Å². The van der Waals surface area contributed by atoms with Crippen molar-refractivity contribution < 1.29 is 4.74 Å². The van der Waals surface area contributed by atoms with E-state index in [-0.39, 0.29) is 0 Å². The van der Waals surface area contributed by atoms with Crippen molar-refractivity contribution in [1.29, 1.82) is 0 Å². The lowest BCUT2D eigenvalue weighted by atomic mass is 10.2. The van der Waals surface area contributed by atoms with Gasteiger partial charge in [-0.1, -0.05) is 18.2 Å². The first-order valence-corrected chi connectivity index (χ1v) is 5.87. The van der Waals surface area contributed by atoms with E-state index in [9.17, 15) is 0 Å². The Morgan fingerprint density at radius 1 is 1.11 bits per heavy atom. The molecule has 0 fully saturated rings. The molecule has 0 aliphatic rings. The zero-order valence-corrected chi connectivity index (χ0v) is 10.4. The molecule has 0 spiro atoms. The first kappa shape index (κ1) is 10.8. The summed E-state index contributed by atoms with van der Waals surface area (Å²) in [6, 6.07) is 12.3. The SMILES string of the molecule is COc1nccc2c1c(C)cn2-c1ccccc1. The van der Waals surface area contributed by atoms with Gasteiger partial charge in [-0.3, -0.25) is 0 Å². The highest BCUT2D eigenvalue weighted by atomic mass is 16.5. The topological polar surface area (TPSA) is 27.1 Å². The number of benzene rings is 1. The van der Waals surface area contributed by atoms with Crippen LogP contribution in [0.3, 0.4) is 0 Å². The lowest BCUT2D eigenvalue weighted by Crippen LogP contribution is -1.92. The molecule has 90 valence electrons. The van der Waals surface area contributed by atoms with E-state index in [4.69, 9.17) is 4.74 Å². The third-order valence-corrected chi connectivity index (χ3v) is 3.10. The van der Waals surface area contributed by atoms with Crippen LogP contribution >= 0.6 is 0 Å². The van der Waals surface area contributed by atoms with E-state index in [2.05, 4.69) is 34.8 Å². The van der Waals surface area contributed by atoms with Gasteiger partial charge < -0.3 is 9.30 Å². The predicted molar refractivity (Wildman–Crippen MR) is 72.4 cm³/mol. The summed E-state index contributed by atoms with van der Waals surface area (Å²) in [6.07, 6.45) is 3.89. The minimum Gasteiger partial charge on any atom is -0.480 e. The first-order valence-electron chi connectivity index (χ1n) is 5.87. The molecule has 0 N–H and O–H groups in total. The highest BCUT2D eigenvalue weighted by Crippen LogP contribution is 2.29. The van der Waals surface area contributed by atoms with Gasteiger partial charge in [0.25, 0.3) is 0 Å². The Bertz CT molecular complexity index is 686. The molecule has 3 nitrogen and oxygen atoms in total. The maximum Gasteiger partial charge on any atom is 0.222 e. The van der Waals surface area contributed by atoms with Gasteiger partial charge in [0.2, 0.25) is 5.88 Å². The second kappa shape index (κ2) is 4.18. The van der Waals surface area contributed by atoms with Crippen LogP contribution in [0.4, 0.5) is 0 Å². The van der Waals surface area contributed by atoms with Crippen molar-refractivity contribution in [2.24, 2.45) is 0 Å². The highest BCUT2D eigenvalue weighted by Gasteiger charge is 2.11. The average Bonchev–Trinajstić information content (AvgIpc) is 2.77. The molecule has 1 aromatic carbocycles. The van der Waals surface area contributed by atoms with Crippen molar-refractivity contribution in [3.63, 3.8) is 0 Å². The van der Waals surface area contributed by atoms with Crippen molar-refractivity contribution in [2.45, 2.75) is 6.92 Å². The number of rotatable bonds is 2. The molecule has 0 atom stereocenters. The standard InChI is InChI=1S/C15H14N2O/c1-11-10-17(12-6-4-3-5-7-12)13-8-9-16-15(18-2)14(11)13/h3-10H,1-2H3. The van der Waals surface area contributed by atoms with Crippen molar-refractivity contribution in [2.75, 3.05) is 7.11 Å². The smallest absolute Gasteiger partial charge is 0.222 e. The molecule has 0 aliphatic heterocycles. The van der Waals surface area contributed by atoms with Gasteiger partial charge in [-0.15, -0.1) is 0 Å². The Morgan fingerprint density at radius 2 is 1.89 bits per heavy atom. The highest BCUT2D eigenvalue weighted by molar-refractivity contribution is 5.89. The molecule has 2 heterocycles. The molecule has 18 heavy (non-hydrogen) atoms. The van der Waals surface area contributed by atoms with E-state index in [1.165, 1.54) is 5.56 Å². The summed E-state index contributed by atoms with van der Waals surface area (Å²) in [6.45, 7) is 2.08. The molecule has 3 rings (SSSR count).